The zero-order valence-corrected chi connectivity index (χ0v) is 11.5. The van der Waals surface area contributed by atoms with Crippen LogP contribution in [0.5, 0.6) is 0 Å². The molecule has 0 aliphatic heterocycles. The van der Waals surface area contributed by atoms with Crippen molar-refractivity contribution >= 4 is 5.78 Å². The van der Waals surface area contributed by atoms with Crippen LogP contribution in [-0.2, 0) is 9.53 Å². The van der Waals surface area contributed by atoms with E-state index in [4.69, 9.17) is 4.74 Å². The van der Waals surface area contributed by atoms with E-state index in [1.165, 1.54) is 0 Å². The molecule has 0 aromatic carbocycles. The van der Waals surface area contributed by atoms with Gasteiger partial charge in [0.1, 0.15) is 0 Å². The Morgan fingerprint density at radius 1 is 1.25 bits per heavy atom. The van der Waals surface area contributed by atoms with Gasteiger partial charge in [0.15, 0.2) is 5.78 Å². The highest BCUT2D eigenvalue weighted by molar-refractivity contribution is 5.87. The van der Waals surface area contributed by atoms with E-state index >= 15 is 0 Å². The van der Waals surface area contributed by atoms with Gasteiger partial charge in [-0.3, -0.25) is 9.69 Å². The zero-order chi connectivity index (χ0) is 12.6. The Kier molecular flexibility index (Phi) is 7.60. The fraction of sp³-hybridized carbons (Fsp3) is 0.923. The molecular weight excluding hydrogens is 202 g/mol. The first-order valence-electron chi connectivity index (χ1n) is 6.34. The van der Waals surface area contributed by atoms with Crippen LogP contribution in [0.4, 0.5) is 0 Å². The van der Waals surface area contributed by atoms with E-state index in [9.17, 15) is 4.79 Å². The summed E-state index contributed by atoms with van der Waals surface area (Å²) in [5.74, 6) is 0.343. The molecule has 0 aromatic rings. The molecule has 1 unspecified atom stereocenters. The average Bonchev–Trinajstić information content (AvgIpc) is 2.30. The van der Waals surface area contributed by atoms with Crippen LogP contribution in [0, 0.1) is 0 Å². The van der Waals surface area contributed by atoms with Gasteiger partial charge >= 0.3 is 0 Å². The van der Waals surface area contributed by atoms with Gasteiger partial charge in [-0.05, 0) is 32.9 Å². The molecule has 16 heavy (non-hydrogen) atoms. The molecule has 0 amide bonds. The number of rotatable bonds is 9. The second kappa shape index (κ2) is 7.80. The van der Waals surface area contributed by atoms with Crippen LogP contribution in [0.25, 0.3) is 0 Å². The third kappa shape index (κ3) is 3.87. The smallest absolute Gasteiger partial charge is 0.152 e. The highest BCUT2D eigenvalue weighted by atomic mass is 16.5. The molecule has 0 N–H and O–H groups in total. The van der Waals surface area contributed by atoms with Crippen molar-refractivity contribution in [1.82, 2.24) is 4.90 Å². The normalized spacial score (nSPS) is 15.1. The molecule has 0 radical (unpaired) electrons. The van der Waals surface area contributed by atoms with E-state index in [-0.39, 0.29) is 5.54 Å². The van der Waals surface area contributed by atoms with Crippen LogP contribution < -0.4 is 0 Å². The van der Waals surface area contributed by atoms with Crippen molar-refractivity contribution in [1.29, 1.82) is 0 Å². The van der Waals surface area contributed by atoms with Crippen molar-refractivity contribution in [2.75, 3.05) is 26.8 Å². The van der Waals surface area contributed by atoms with Crippen LogP contribution in [0.2, 0.25) is 0 Å². The van der Waals surface area contributed by atoms with E-state index in [2.05, 4.69) is 32.6 Å². The van der Waals surface area contributed by atoms with Gasteiger partial charge in [-0.25, -0.2) is 0 Å². The van der Waals surface area contributed by atoms with Gasteiger partial charge in [0.2, 0.25) is 0 Å². The second-order valence-corrected chi connectivity index (χ2v) is 4.32. The number of ketones is 1. The number of methoxy groups -OCH3 is 1. The molecule has 0 aromatic heterocycles. The van der Waals surface area contributed by atoms with Gasteiger partial charge < -0.3 is 4.74 Å². The third-order valence-electron chi connectivity index (χ3n) is 3.50. The maximum Gasteiger partial charge on any atom is 0.152 e. The van der Waals surface area contributed by atoms with Crippen LogP contribution in [0.1, 0.15) is 47.0 Å². The number of carbonyl (C=O) groups excluding carboxylic acids is 1. The summed E-state index contributed by atoms with van der Waals surface area (Å²) in [6.45, 7) is 10.9. The molecule has 0 aliphatic carbocycles. The van der Waals surface area contributed by atoms with Crippen molar-refractivity contribution in [2.24, 2.45) is 0 Å². The Hall–Kier alpha value is -0.410. The first-order valence-corrected chi connectivity index (χ1v) is 6.34. The maximum absolute atomic E-state index is 12.2. The molecule has 0 heterocycles. The highest BCUT2D eigenvalue weighted by Gasteiger charge is 2.34. The van der Waals surface area contributed by atoms with E-state index in [1.807, 2.05) is 0 Å². The Morgan fingerprint density at radius 2 is 1.81 bits per heavy atom. The standard InChI is InChI=1S/C13H27NO2/c1-6-13(4,14(7-2)8-3)12(15)10-9-11-16-5/h6-11H2,1-5H3. The number of likely N-dealkylation sites (N-methyl/N-ethyl adjacent to an activating group) is 1. The molecule has 0 saturated carbocycles. The van der Waals surface area contributed by atoms with Crippen molar-refractivity contribution in [3.63, 3.8) is 0 Å². The monoisotopic (exact) mass is 229 g/mol. The molecule has 0 spiro atoms. The van der Waals surface area contributed by atoms with Crippen molar-refractivity contribution in [3.05, 3.63) is 0 Å². The summed E-state index contributed by atoms with van der Waals surface area (Å²) in [5.41, 5.74) is -0.294. The number of Topliss-reactive ketones (excluding diaryl/α,β-unsaturated/α-hetero) is 1. The van der Waals surface area contributed by atoms with E-state index in [0.29, 0.717) is 18.8 Å². The summed E-state index contributed by atoms with van der Waals surface area (Å²) >= 11 is 0. The van der Waals surface area contributed by atoms with Gasteiger partial charge in [-0.2, -0.15) is 0 Å². The molecule has 3 heteroatoms. The summed E-state index contributed by atoms with van der Waals surface area (Å²) < 4.78 is 4.99. The number of carbonyl (C=O) groups is 1. The van der Waals surface area contributed by atoms with E-state index < -0.39 is 0 Å². The molecule has 0 rings (SSSR count). The largest absolute Gasteiger partial charge is 0.385 e. The molecular formula is C13H27NO2. The Balaban J connectivity index is 4.48. The molecule has 0 aliphatic rings. The lowest BCUT2D eigenvalue weighted by atomic mass is 9.88. The first-order chi connectivity index (χ1) is 7.56. The van der Waals surface area contributed by atoms with Crippen LogP contribution in [-0.4, -0.2) is 43.0 Å². The molecule has 3 nitrogen and oxygen atoms in total. The zero-order valence-electron chi connectivity index (χ0n) is 11.5. The molecule has 96 valence electrons. The SMILES string of the molecule is CCN(CC)C(C)(CC)C(=O)CCCOC. The van der Waals surface area contributed by atoms with Gasteiger partial charge in [0.05, 0.1) is 5.54 Å². The molecule has 0 bridgehead atoms. The number of hydrogen-bond donors (Lipinski definition) is 0. The Morgan fingerprint density at radius 3 is 2.19 bits per heavy atom. The lowest BCUT2D eigenvalue weighted by Crippen LogP contribution is -2.51. The second-order valence-electron chi connectivity index (χ2n) is 4.32. The average molecular weight is 229 g/mol. The first kappa shape index (κ1) is 15.6. The fourth-order valence-electron chi connectivity index (χ4n) is 2.17. The Labute approximate surface area is 100 Å². The summed E-state index contributed by atoms with van der Waals surface area (Å²) in [5, 5.41) is 0. The minimum Gasteiger partial charge on any atom is -0.385 e. The molecule has 0 fully saturated rings. The van der Waals surface area contributed by atoms with Gasteiger partial charge in [0.25, 0.3) is 0 Å². The minimum atomic E-state index is -0.294. The highest BCUT2D eigenvalue weighted by Crippen LogP contribution is 2.22. The minimum absolute atomic E-state index is 0.294. The van der Waals surface area contributed by atoms with Gasteiger partial charge in [-0.1, -0.05) is 20.8 Å². The summed E-state index contributed by atoms with van der Waals surface area (Å²) in [7, 11) is 1.67. The predicted octanol–water partition coefficient (Wildman–Crippen LogP) is 2.49. The van der Waals surface area contributed by atoms with E-state index in [1.54, 1.807) is 7.11 Å². The van der Waals surface area contributed by atoms with Crippen LogP contribution in [0.15, 0.2) is 0 Å². The van der Waals surface area contributed by atoms with Crippen molar-refractivity contribution < 1.29 is 9.53 Å². The summed E-state index contributed by atoms with van der Waals surface area (Å²) in [6.07, 6.45) is 2.32. The number of hydrogen-bond acceptors (Lipinski definition) is 3. The van der Waals surface area contributed by atoms with Crippen molar-refractivity contribution in [3.8, 4) is 0 Å². The quantitative estimate of drug-likeness (QED) is 0.569. The third-order valence-corrected chi connectivity index (χ3v) is 3.50. The molecule has 1 atom stereocenters. The van der Waals surface area contributed by atoms with E-state index in [0.717, 1.165) is 25.9 Å². The maximum atomic E-state index is 12.2. The van der Waals surface area contributed by atoms with Crippen LogP contribution in [0.3, 0.4) is 0 Å². The predicted molar refractivity (Wildman–Crippen MR) is 67.7 cm³/mol. The number of ether oxygens (including phenoxy) is 1. The summed E-state index contributed by atoms with van der Waals surface area (Å²) in [4.78, 5) is 14.5. The number of nitrogens with zero attached hydrogens (tertiary/aromatic N) is 1. The lowest BCUT2D eigenvalue weighted by Gasteiger charge is -2.38. The van der Waals surface area contributed by atoms with Crippen LogP contribution >= 0.6 is 0 Å². The Bertz CT molecular complexity index is 202. The topological polar surface area (TPSA) is 29.5 Å². The summed E-state index contributed by atoms with van der Waals surface area (Å²) in [6, 6.07) is 0. The fourth-order valence-corrected chi connectivity index (χ4v) is 2.17. The van der Waals surface area contributed by atoms with Gasteiger partial charge in [-0.15, -0.1) is 0 Å². The lowest BCUT2D eigenvalue weighted by molar-refractivity contribution is -0.130. The van der Waals surface area contributed by atoms with Crippen molar-refractivity contribution in [2.45, 2.75) is 52.5 Å². The molecule has 0 saturated heterocycles. The van der Waals surface area contributed by atoms with Gasteiger partial charge in [0, 0.05) is 20.1 Å².